The number of fused-ring (bicyclic) bond motifs is 1. The molecule has 3 aliphatic rings. The van der Waals surface area contributed by atoms with Crippen molar-refractivity contribution in [2.24, 2.45) is 0 Å². The molecule has 39 heavy (non-hydrogen) atoms. The number of halogens is 2. The van der Waals surface area contributed by atoms with Gasteiger partial charge in [-0.25, -0.2) is 4.98 Å². The summed E-state index contributed by atoms with van der Waals surface area (Å²) >= 11 is 14.5. The highest BCUT2D eigenvalue weighted by Gasteiger charge is 2.39. The van der Waals surface area contributed by atoms with Gasteiger partial charge in [0.25, 0.3) is 0 Å². The summed E-state index contributed by atoms with van der Waals surface area (Å²) in [7, 11) is 0. The van der Waals surface area contributed by atoms with Gasteiger partial charge in [-0.2, -0.15) is 0 Å². The van der Waals surface area contributed by atoms with Crippen molar-refractivity contribution in [3.63, 3.8) is 0 Å². The fraction of sp³-hybridized carbons (Fsp3) is 0.448. The van der Waals surface area contributed by atoms with Crippen molar-refractivity contribution < 1.29 is 23.8 Å². The van der Waals surface area contributed by atoms with E-state index in [4.69, 9.17) is 46.9 Å². The molecule has 1 saturated heterocycles. The summed E-state index contributed by atoms with van der Waals surface area (Å²) in [5, 5.41) is 17.8. The predicted octanol–water partition coefficient (Wildman–Crippen LogP) is 7.53. The van der Waals surface area contributed by atoms with Crippen LogP contribution in [-0.2, 0) is 26.4 Å². The van der Waals surface area contributed by atoms with Crippen LogP contribution < -0.4 is 0 Å². The van der Waals surface area contributed by atoms with Crippen LogP contribution in [0.3, 0.4) is 0 Å². The van der Waals surface area contributed by atoms with E-state index in [9.17, 15) is 5.11 Å². The Kier molecular flexibility index (Phi) is 6.92. The van der Waals surface area contributed by atoms with Crippen molar-refractivity contribution in [2.45, 2.75) is 69.0 Å². The molecular weight excluding hydrogens is 559 g/mol. The molecule has 2 aliphatic carbocycles. The van der Waals surface area contributed by atoms with Crippen LogP contribution in [0.1, 0.15) is 72.6 Å². The minimum atomic E-state index is -0.981. The number of nitrogens with zero attached hydrogens (tertiary/aromatic N) is 2. The second-order valence-electron chi connectivity index (χ2n) is 10.6. The van der Waals surface area contributed by atoms with Crippen LogP contribution in [0.5, 0.6) is 0 Å². The van der Waals surface area contributed by atoms with Crippen molar-refractivity contribution in [3.05, 3.63) is 68.3 Å². The Hall–Kier alpha value is -2.04. The van der Waals surface area contributed by atoms with Crippen molar-refractivity contribution in [3.8, 4) is 11.3 Å². The van der Waals surface area contributed by atoms with E-state index in [1.807, 2.05) is 24.3 Å². The molecule has 7 rings (SSSR count). The maximum Gasteiger partial charge on any atom is 0.185 e. The lowest BCUT2D eigenvalue weighted by Crippen LogP contribution is -2.34. The Labute approximate surface area is 240 Å². The molecule has 0 unspecified atom stereocenters. The summed E-state index contributed by atoms with van der Waals surface area (Å²) in [5.41, 5.74) is 3.11. The van der Waals surface area contributed by atoms with Gasteiger partial charge in [-0.1, -0.05) is 46.6 Å². The SMILES string of the molecule is O[C@]1(c2nc3cccc(C4OCCO4)c3s2)CC[C@@H](OCc2c(-c3c(Cl)cccc3Cl)noc2C2CC2)CC1. The predicted molar refractivity (Wildman–Crippen MR) is 149 cm³/mol. The zero-order valence-electron chi connectivity index (χ0n) is 21.2. The van der Waals surface area contributed by atoms with E-state index >= 15 is 0 Å². The van der Waals surface area contributed by atoms with Gasteiger partial charge in [-0.3, -0.25) is 0 Å². The molecule has 0 amide bonds. The number of aromatic nitrogens is 2. The maximum atomic E-state index is 11.6. The third-order valence-corrected chi connectivity index (χ3v) is 9.85. The number of aliphatic hydroxyl groups is 1. The van der Waals surface area contributed by atoms with Gasteiger partial charge >= 0.3 is 0 Å². The van der Waals surface area contributed by atoms with Crippen LogP contribution in [0, 0.1) is 0 Å². The number of thiazole rings is 1. The van der Waals surface area contributed by atoms with Gasteiger partial charge in [0.1, 0.15) is 22.1 Å². The molecule has 1 N–H and O–H groups in total. The Morgan fingerprint density at radius 1 is 1.00 bits per heavy atom. The van der Waals surface area contributed by atoms with E-state index in [2.05, 4.69) is 5.16 Å². The van der Waals surface area contributed by atoms with Crippen LogP contribution in [0.25, 0.3) is 21.5 Å². The molecule has 0 bridgehead atoms. The molecule has 3 heterocycles. The minimum absolute atomic E-state index is 0.00650. The van der Waals surface area contributed by atoms with Crippen LogP contribution in [0.2, 0.25) is 10.0 Å². The Balaban J connectivity index is 1.07. The Morgan fingerprint density at radius 2 is 1.72 bits per heavy atom. The van der Waals surface area contributed by atoms with Gasteiger partial charge in [-0.05, 0) is 56.7 Å². The van der Waals surface area contributed by atoms with E-state index in [0.29, 0.717) is 59.9 Å². The first-order valence-electron chi connectivity index (χ1n) is 13.4. The normalized spacial score (nSPS) is 24.1. The Bertz CT molecular complexity index is 1480. The number of benzene rings is 2. The number of hydrogen-bond donors (Lipinski definition) is 1. The molecule has 10 heteroatoms. The van der Waals surface area contributed by atoms with E-state index in [1.165, 1.54) is 11.3 Å². The van der Waals surface area contributed by atoms with E-state index in [0.717, 1.165) is 57.8 Å². The third-order valence-electron chi connectivity index (χ3n) is 7.91. The number of ether oxygens (including phenoxy) is 3. The van der Waals surface area contributed by atoms with Crippen molar-refractivity contribution in [1.82, 2.24) is 10.1 Å². The summed E-state index contributed by atoms with van der Waals surface area (Å²) in [5.74, 6) is 1.24. The first-order valence-corrected chi connectivity index (χ1v) is 15.0. The highest BCUT2D eigenvalue weighted by molar-refractivity contribution is 7.18. The lowest BCUT2D eigenvalue weighted by Gasteiger charge is -2.34. The summed E-state index contributed by atoms with van der Waals surface area (Å²) in [6.07, 6.45) is 4.39. The van der Waals surface area contributed by atoms with Crippen LogP contribution >= 0.6 is 34.5 Å². The quantitative estimate of drug-likeness (QED) is 0.239. The summed E-state index contributed by atoms with van der Waals surface area (Å²) in [4.78, 5) is 4.82. The highest BCUT2D eigenvalue weighted by atomic mass is 35.5. The zero-order chi connectivity index (χ0) is 26.6. The molecule has 3 fully saturated rings. The molecule has 204 valence electrons. The van der Waals surface area contributed by atoms with Crippen LogP contribution in [0.4, 0.5) is 0 Å². The monoisotopic (exact) mass is 586 g/mol. The van der Waals surface area contributed by atoms with Gasteiger partial charge in [-0.15, -0.1) is 11.3 Å². The lowest BCUT2D eigenvalue weighted by atomic mass is 9.83. The fourth-order valence-electron chi connectivity index (χ4n) is 5.59. The Morgan fingerprint density at radius 3 is 2.44 bits per heavy atom. The second-order valence-corrected chi connectivity index (χ2v) is 12.4. The minimum Gasteiger partial charge on any atom is -0.383 e. The molecule has 4 aromatic rings. The van der Waals surface area contributed by atoms with Crippen molar-refractivity contribution in [1.29, 1.82) is 0 Å². The van der Waals surface area contributed by atoms with Crippen molar-refractivity contribution >= 4 is 44.8 Å². The van der Waals surface area contributed by atoms with E-state index in [1.54, 1.807) is 12.1 Å². The molecule has 0 atom stereocenters. The molecule has 2 saturated carbocycles. The largest absolute Gasteiger partial charge is 0.383 e. The molecule has 7 nitrogen and oxygen atoms in total. The average Bonchev–Trinajstić information content (AvgIpc) is 3.31. The smallest absolute Gasteiger partial charge is 0.185 e. The van der Waals surface area contributed by atoms with E-state index in [-0.39, 0.29) is 12.4 Å². The summed E-state index contributed by atoms with van der Waals surface area (Å²) in [6, 6.07) is 11.4. The van der Waals surface area contributed by atoms with Gasteiger partial charge in [0, 0.05) is 22.6 Å². The summed E-state index contributed by atoms with van der Waals surface area (Å²) in [6.45, 7) is 1.53. The molecule has 0 spiro atoms. The highest BCUT2D eigenvalue weighted by Crippen LogP contribution is 2.47. The molecule has 2 aromatic heterocycles. The van der Waals surface area contributed by atoms with Gasteiger partial charge < -0.3 is 23.8 Å². The topological polar surface area (TPSA) is 86.8 Å². The van der Waals surface area contributed by atoms with Gasteiger partial charge in [0.2, 0.25) is 0 Å². The lowest BCUT2D eigenvalue weighted by molar-refractivity contribution is -0.0640. The van der Waals surface area contributed by atoms with Crippen LogP contribution in [-0.4, -0.2) is 34.6 Å². The average molecular weight is 588 g/mol. The van der Waals surface area contributed by atoms with Crippen molar-refractivity contribution in [2.75, 3.05) is 13.2 Å². The third kappa shape index (κ3) is 4.90. The molecule has 1 aliphatic heterocycles. The van der Waals surface area contributed by atoms with Gasteiger partial charge in [0.15, 0.2) is 6.29 Å². The van der Waals surface area contributed by atoms with Crippen LogP contribution in [0.15, 0.2) is 40.9 Å². The zero-order valence-corrected chi connectivity index (χ0v) is 23.5. The van der Waals surface area contributed by atoms with Gasteiger partial charge in [0.05, 0.1) is 46.2 Å². The number of rotatable bonds is 7. The second kappa shape index (κ2) is 10.4. The molecule has 2 aromatic carbocycles. The first kappa shape index (κ1) is 25.9. The molecule has 0 radical (unpaired) electrons. The number of hydrogen-bond acceptors (Lipinski definition) is 8. The van der Waals surface area contributed by atoms with E-state index < -0.39 is 5.60 Å². The first-order chi connectivity index (χ1) is 19.0. The standard InChI is InChI=1S/C29H28Cl2N2O5S/c30-20-4-2-5-21(31)23(20)24-19(25(38-33-24)16-7-8-16)15-37-17-9-11-29(34,12-10-17)28-32-22-6-1-3-18(26(22)39-28)27-35-13-14-36-27/h1-6,16-17,27,34H,7-15H2/t17-,29-. The maximum absolute atomic E-state index is 11.6. The molecular formula is C29H28Cl2N2O5S. The fourth-order valence-corrected chi connectivity index (χ4v) is 7.40. The summed E-state index contributed by atoms with van der Waals surface area (Å²) < 4.78 is 24.7.